The molecule has 13 nitrogen and oxygen atoms in total. The van der Waals surface area contributed by atoms with Gasteiger partial charge in [0.15, 0.2) is 5.96 Å². The lowest BCUT2D eigenvalue weighted by Crippen LogP contribution is -2.58. The number of carbonyl (C=O) groups is 4. The van der Waals surface area contributed by atoms with Crippen LogP contribution in [0.1, 0.15) is 59.3 Å². The van der Waals surface area contributed by atoms with Gasteiger partial charge in [-0.25, -0.2) is 0 Å². The van der Waals surface area contributed by atoms with Gasteiger partial charge in [0.1, 0.15) is 18.1 Å². The van der Waals surface area contributed by atoms with E-state index < -0.39 is 47.9 Å². The lowest BCUT2D eigenvalue weighted by Gasteiger charge is -2.27. The van der Waals surface area contributed by atoms with E-state index in [1.807, 2.05) is 6.92 Å². The van der Waals surface area contributed by atoms with Crippen LogP contribution in [0.4, 0.5) is 0 Å². The fraction of sp³-hybridized carbons (Fsp3) is 0.762. The normalized spacial score (nSPS) is 15.2. The highest BCUT2D eigenvalue weighted by molar-refractivity contribution is 5.94. The van der Waals surface area contributed by atoms with Gasteiger partial charge in [-0.3, -0.25) is 24.2 Å². The number of aliphatic carboxylic acids is 1. The lowest BCUT2D eigenvalue weighted by molar-refractivity contribution is -0.142. The lowest BCUT2D eigenvalue weighted by atomic mass is 9.96. The van der Waals surface area contributed by atoms with E-state index in [2.05, 4.69) is 20.9 Å². The summed E-state index contributed by atoms with van der Waals surface area (Å²) in [5, 5.41) is 16.8. The second kappa shape index (κ2) is 16.6. The van der Waals surface area contributed by atoms with E-state index in [4.69, 9.17) is 28.0 Å². The third kappa shape index (κ3) is 12.3. The highest BCUT2D eigenvalue weighted by Crippen LogP contribution is 2.11. The van der Waals surface area contributed by atoms with Crippen LogP contribution in [0.2, 0.25) is 0 Å². The molecule has 0 aromatic heterocycles. The summed E-state index contributed by atoms with van der Waals surface area (Å²) in [6.07, 6.45) is 2.84. The smallest absolute Gasteiger partial charge is 0.325 e. The fourth-order valence-electron chi connectivity index (χ4n) is 3.01. The van der Waals surface area contributed by atoms with E-state index in [0.717, 1.165) is 0 Å². The zero-order chi connectivity index (χ0) is 26.3. The minimum Gasteiger partial charge on any atom is -0.480 e. The summed E-state index contributed by atoms with van der Waals surface area (Å²) >= 11 is 0. The standard InChI is InChI=1S/C21H42N8O5/c1-4-12(2)16(29-17(30)14(23)8-7-11-26-21(24)25)19(32)28-15(9-5-6-10-22)18(31)27-13(3)20(33)34/h12-16H,4-11,22-23H2,1-3H3,(H,27,31)(H,28,32)(H,29,30)(H,33,34)(H4,24,25,26). The number of hydrogen-bond acceptors (Lipinski definition) is 7. The van der Waals surface area contributed by atoms with Crippen molar-refractivity contribution in [1.29, 1.82) is 0 Å². The SMILES string of the molecule is CCC(C)C(NC(=O)C(N)CCCN=C(N)N)C(=O)NC(CCCCN)C(=O)NC(C)C(=O)O. The van der Waals surface area contributed by atoms with Crippen LogP contribution in [0.5, 0.6) is 0 Å². The molecule has 0 radical (unpaired) electrons. The Labute approximate surface area is 200 Å². The van der Waals surface area contributed by atoms with E-state index in [0.29, 0.717) is 45.2 Å². The molecule has 5 atom stereocenters. The number of nitrogens with two attached hydrogens (primary N) is 4. The van der Waals surface area contributed by atoms with Gasteiger partial charge in [-0.05, 0) is 51.5 Å². The number of amides is 3. The molecule has 0 saturated carbocycles. The number of unbranched alkanes of at least 4 members (excludes halogenated alkanes) is 1. The number of guanidine groups is 1. The summed E-state index contributed by atoms with van der Waals surface area (Å²) < 4.78 is 0. The van der Waals surface area contributed by atoms with Crippen LogP contribution in [0.25, 0.3) is 0 Å². The molecule has 196 valence electrons. The van der Waals surface area contributed by atoms with Crippen molar-refractivity contribution in [1.82, 2.24) is 16.0 Å². The highest BCUT2D eigenvalue weighted by Gasteiger charge is 2.31. The van der Waals surface area contributed by atoms with Crippen molar-refractivity contribution in [2.75, 3.05) is 13.1 Å². The van der Waals surface area contributed by atoms with Crippen molar-refractivity contribution in [2.24, 2.45) is 33.8 Å². The molecule has 0 rings (SSSR count). The zero-order valence-corrected chi connectivity index (χ0v) is 20.4. The van der Waals surface area contributed by atoms with Crippen LogP contribution < -0.4 is 38.9 Å². The van der Waals surface area contributed by atoms with Crippen LogP contribution in [0.15, 0.2) is 4.99 Å². The first-order valence-corrected chi connectivity index (χ1v) is 11.6. The third-order valence-corrected chi connectivity index (χ3v) is 5.41. The molecule has 0 aliphatic carbocycles. The highest BCUT2D eigenvalue weighted by atomic mass is 16.4. The Morgan fingerprint density at radius 3 is 2.09 bits per heavy atom. The van der Waals surface area contributed by atoms with Gasteiger partial charge >= 0.3 is 5.97 Å². The van der Waals surface area contributed by atoms with Gasteiger partial charge in [0.05, 0.1) is 6.04 Å². The van der Waals surface area contributed by atoms with E-state index >= 15 is 0 Å². The summed E-state index contributed by atoms with van der Waals surface area (Å²) in [5.74, 6) is -3.16. The van der Waals surface area contributed by atoms with Crippen LogP contribution in [-0.4, -0.2) is 72.0 Å². The van der Waals surface area contributed by atoms with Gasteiger partial charge in [-0.2, -0.15) is 0 Å². The summed E-state index contributed by atoms with van der Waals surface area (Å²) in [4.78, 5) is 53.2. The maximum atomic E-state index is 13.1. The molecule has 0 fully saturated rings. The summed E-state index contributed by atoms with van der Waals surface area (Å²) in [7, 11) is 0. The minimum absolute atomic E-state index is 0.0469. The van der Waals surface area contributed by atoms with Crippen molar-refractivity contribution < 1.29 is 24.3 Å². The minimum atomic E-state index is -1.20. The van der Waals surface area contributed by atoms with Crippen LogP contribution in [0, 0.1) is 5.92 Å². The zero-order valence-electron chi connectivity index (χ0n) is 20.4. The fourth-order valence-corrected chi connectivity index (χ4v) is 3.01. The van der Waals surface area contributed by atoms with Crippen molar-refractivity contribution >= 4 is 29.7 Å². The Bertz CT molecular complexity index is 699. The van der Waals surface area contributed by atoms with Crippen molar-refractivity contribution in [3.8, 4) is 0 Å². The van der Waals surface area contributed by atoms with Crippen LogP contribution in [-0.2, 0) is 19.2 Å². The largest absolute Gasteiger partial charge is 0.480 e. The van der Waals surface area contributed by atoms with Gasteiger partial charge in [-0.15, -0.1) is 0 Å². The summed E-state index contributed by atoms with van der Waals surface area (Å²) in [6.45, 7) is 5.74. The number of aliphatic imine (C=N–C) groups is 1. The average Bonchev–Trinajstić information content (AvgIpc) is 2.78. The first kappa shape index (κ1) is 31.1. The predicted molar refractivity (Wildman–Crippen MR) is 129 cm³/mol. The first-order valence-electron chi connectivity index (χ1n) is 11.6. The number of hydrogen-bond donors (Lipinski definition) is 8. The Morgan fingerprint density at radius 1 is 0.912 bits per heavy atom. The number of rotatable bonds is 17. The number of nitrogens with one attached hydrogen (secondary N) is 3. The molecule has 12 N–H and O–H groups in total. The molecule has 0 heterocycles. The molecule has 13 heteroatoms. The Kier molecular flexibility index (Phi) is 15.2. The Hall–Kier alpha value is -2.93. The molecule has 0 bridgehead atoms. The molecule has 0 aliphatic heterocycles. The van der Waals surface area contributed by atoms with Crippen molar-refractivity contribution in [3.05, 3.63) is 0 Å². The number of carboxylic acids is 1. The summed E-state index contributed by atoms with van der Waals surface area (Å²) in [6, 6.07) is -3.89. The van der Waals surface area contributed by atoms with Crippen LogP contribution in [0.3, 0.4) is 0 Å². The van der Waals surface area contributed by atoms with Crippen LogP contribution >= 0.6 is 0 Å². The second-order valence-corrected chi connectivity index (χ2v) is 8.34. The van der Waals surface area contributed by atoms with Crippen molar-refractivity contribution in [3.63, 3.8) is 0 Å². The van der Waals surface area contributed by atoms with Gasteiger partial charge in [0.25, 0.3) is 0 Å². The van der Waals surface area contributed by atoms with Gasteiger partial charge in [0, 0.05) is 6.54 Å². The second-order valence-electron chi connectivity index (χ2n) is 8.34. The number of nitrogens with zero attached hydrogens (tertiary/aromatic N) is 1. The predicted octanol–water partition coefficient (Wildman–Crippen LogP) is -1.90. The van der Waals surface area contributed by atoms with Gasteiger partial charge < -0.3 is 44.0 Å². The molecule has 0 aromatic rings. The van der Waals surface area contributed by atoms with Crippen molar-refractivity contribution in [2.45, 2.75) is 83.5 Å². The Morgan fingerprint density at radius 2 is 1.56 bits per heavy atom. The molecular weight excluding hydrogens is 444 g/mol. The van der Waals surface area contributed by atoms with Gasteiger partial charge in [0.2, 0.25) is 17.7 Å². The summed E-state index contributed by atoms with van der Waals surface area (Å²) in [5.41, 5.74) is 22.0. The molecule has 5 unspecified atom stereocenters. The molecule has 3 amide bonds. The first-order chi connectivity index (χ1) is 15.9. The Balaban J connectivity index is 5.29. The quantitative estimate of drug-likeness (QED) is 0.0649. The monoisotopic (exact) mass is 486 g/mol. The molecule has 0 saturated heterocycles. The number of carbonyl (C=O) groups excluding carboxylic acids is 3. The van der Waals surface area contributed by atoms with E-state index in [1.54, 1.807) is 6.92 Å². The van der Waals surface area contributed by atoms with E-state index in [-0.39, 0.29) is 18.3 Å². The molecule has 0 aliphatic rings. The molecule has 34 heavy (non-hydrogen) atoms. The average molecular weight is 487 g/mol. The third-order valence-electron chi connectivity index (χ3n) is 5.41. The number of carboxylic acid groups (broad SMARTS) is 1. The molecular formula is C21H42N8O5. The molecule has 0 aromatic carbocycles. The maximum Gasteiger partial charge on any atom is 0.325 e. The van der Waals surface area contributed by atoms with Gasteiger partial charge in [-0.1, -0.05) is 20.3 Å². The van der Waals surface area contributed by atoms with E-state index in [1.165, 1.54) is 6.92 Å². The van der Waals surface area contributed by atoms with E-state index in [9.17, 15) is 19.2 Å². The maximum absolute atomic E-state index is 13.1. The topological polar surface area (TPSA) is 241 Å². The molecule has 0 spiro atoms.